The van der Waals surface area contributed by atoms with Crippen molar-refractivity contribution in [2.45, 2.75) is 63.6 Å². The van der Waals surface area contributed by atoms with Crippen LogP contribution in [-0.2, 0) is 11.3 Å². The van der Waals surface area contributed by atoms with Crippen molar-refractivity contribution >= 4 is 35.8 Å². The average Bonchev–Trinajstić information content (AvgIpc) is 3.30. The number of hydrogen-bond donors (Lipinski definition) is 1. The highest BCUT2D eigenvalue weighted by Crippen LogP contribution is 2.32. The van der Waals surface area contributed by atoms with Gasteiger partial charge < -0.3 is 15.1 Å². The van der Waals surface area contributed by atoms with E-state index in [4.69, 9.17) is 4.99 Å². The van der Waals surface area contributed by atoms with Gasteiger partial charge in [-0.25, -0.2) is 4.99 Å². The standard InChI is InChI=1S/C25H39N5O.HI/c1-28(2)24(31)17-26-25(27-22-12-6-7-13-22)30-16-14-23-21(19-30)11-8-15-29(23)18-20-9-4-3-5-10-20;/h3-5,9-10,21-23H,6-8,11-19H2,1-2H3,(H,26,27);1H. The number of halogens is 1. The fourth-order valence-corrected chi connectivity index (χ4v) is 5.49. The van der Waals surface area contributed by atoms with Crippen LogP contribution in [0.3, 0.4) is 0 Å². The summed E-state index contributed by atoms with van der Waals surface area (Å²) in [6, 6.07) is 12.0. The number of nitrogens with zero attached hydrogens (tertiary/aromatic N) is 4. The summed E-state index contributed by atoms with van der Waals surface area (Å²) in [7, 11) is 3.60. The maximum Gasteiger partial charge on any atom is 0.243 e. The van der Waals surface area contributed by atoms with Crippen LogP contribution in [0.2, 0.25) is 0 Å². The third-order valence-electron chi connectivity index (χ3n) is 7.26. The van der Waals surface area contributed by atoms with Crippen molar-refractivity contribution in [3.8, 4) is 0 Å². The molecule has 1 N–H and O–H groups in total. The number of hydrogen-bond acceptors (Lipinski definition) is 3. The van der Waals surface area contributed by atoms with Crippen LogP contribution in [-0.4, -0.2) is 78.9 Å². The number of benzene rings is 1. The van der Waals surface area contributed by atoms with Crippen LogP contribution < -0.4 is 5.32 Å². The summed E-state index contributed by atoms with van der Waals surface area (Å²) in [5, 5.41) is 3.72. The Labute approximate surface area is 210 Å². The van der Waals surface area contributed by atoms with Crippen molar-refractivity contribution in [3.05, 3.63) is 35.9 Å². The second-order valence-electron chi connectivity index (χ2n) is 9.71. The number of likely N-dealkylation sites (N-methyl/N-ethyl adjacent to an activating group) is 1. The van der Waals surface area contributed by atoms with Gasteiger partial charge in [-0.1, -0.05) is 43.2 Å². The summed E-state index contributed by atoms with van der Waals surface area (Å²) in [6.45, 7) is 4.55. The Kier molecular flexibility index (Phi) is 9.64. The highest BCUT2D eigenvalue weighted by Gasteiger charge is 2.37. The zero-order chi connectivity index (χ0) is 21.6. The van der Waals surface area contributed by atoms with Crippen molar-refractivity contribution in [2.75, 3.05) is 40.3 Å². The van der Waals surface area contributed by atoms with Gasteiger partial charge in [-0.05, 0) is 50.1 Å². The molecule has 6 nitrogen and oxygen atoms in total. The molecule has 0 radical (unpaired) electrons. The van der Waals surface area contributed by atoms with Crippen molar-refractivity contribution < 1.29 is 4.79 Å². The van der Waals surface area contributed by atoms with Gasteiger partial charge in [-0.3, -0.25) is 9.69 Å². The number of likely N-dealkylation sites (tertiary alicyclic amines) is 2. The highest BCUT2D eigenvalue weighted by atomic mass is 127. The lowest BCUT2D eigenvalue weighted by Gasteiger charge is -2.48. The minimum absolute atomic E-state index is 0. The smallest absolute Gasteiger partial charge is 0.243 e. The predicted octanol–water partition coefficient (Wildman–Crippen LogP) is 3.57. The van der Waals surface area contributed by atoms with E-state index in [9.17, 15) is 4.79 Å². The van der Waals surface area contributed by atoms with Crippen molar-refractivity contribution in [2.24, 2.45) is 10.9 Å². The number of nitrogens with one attached hydrogen (secondary N) is 1. The van der Waals surface area contributed by atoms with Gasteiger partial charge in [0.1, 0.15) is 6.54 Å². The number of fused-ring (bicyclic) bond motifs is 1. The van der Waals surface area contributed by atoms with Crippen LogP contribution in [0.1, 0.15) is 50.5 Å². The van der Waals surface area contributed by atoms with Gasteiger partial charge in [0.15, 0.2) is 5.96 Å². The molecule has 2 unspecified atom stereocenters. The summed E-state index contributed by atoms with van der Waals surface area (Å²) in [5.41, 5.74) is 1.41. The summed E-state index contributed by atoms with van der Waals surface area (Å²) >= 11 is 0. The Morgan fingerprint density at radius 3 is 2.53 bits per heavy atom. The van der Waals surface area contributed by atoms with Gasteiger partial charge in [-0.2, -0.15) is 0 Å². The summed E-state index contributed by atoms with van der Waals surface area (Å²) in [6.07, 6.45) is 8.74. The molecule has 1 aromatic rings. The SMILES string of the molecule is CN(C)C(=O)CN=C(NC1CCCC1)N1CCC2C(CCCN2Cc2ccccc2)C1.I. The van der Waals surface area contributed by atoms with E-state index in [1.807, 2.05) is 0 Å². The van der Waals surface area contributed by atoms with Crippen LogP contribution >= 0.6 is 24.0 Å². The van der Waals surface area contributed by atoms with E-state index >= 15 is 0 Å². The van der Waals surface area contributed by atoms with E-state index in [1.54, 1.807) is 19.0 Å². The second-order valence-corrected chi connectivity index (χ2v) is 9.71. The number of carbonyl (C=O) groups is 1. The Morgan fingerprint density at radius 2 is 1.81 bits per heavy atom. The topological polar surface area (TPSA) is 51.2 Å². The first-order valence-corrected chi connectivity index (χ1v) is 12.1. The lowest BCUT2D eigenvalue weighted by Crippen LogP contribution is -2.57. The third kappa shape index (κ3) is 6.59. The first-order valence-electron chi connectivity index (χ1n) is 12.1. The molecular formula is C25H40IN5O. The van der Waals surface area contributed by atoms with Gasteiger partial charge >= 0.3 is 0 Å². The van der Waals surface area contributed by atoms with Crippen molar-refractivity contribution in [3.63, 3.8) is 0 Å². The van der Waals surface area contributed by atoms with Crippen LogP contribution in [0.25, 0.3) is 0 Å². The van der Waals surface area contributed by atoms with Gasteiger partial charge in [0.25, 0.3) is 0 Å². The molecule has 1 amide bonds. The van der Waals surface area contributed by atoms with Crippen molar-refractivity contribution in [1.82, 2.24) is 20.0 Å². The van der Waals surface area contributed by atoms with Gasteiger partial charge in [0.2, 0.25) is 5.91 Å². The largest absolute Gasteiger partial charge is 0.353 e. The minimum Gasteiger partial charge on any atom is -0.353 e. The van der Waals surface area contributed by atoms with Crippen molar-refractivity contribution in [1.29, 1.82) is 0 Å². The summed E-state index contributed by atoms with van der Waals surface area (Å²) in [4.78, 5) is 23.7. The molecule has 32 heavy (non-hydrogen) atoms. The molecule has 3 aliphatic rings. The maximum atomic E-state index is 12.2. The van der Waals surface area contributed by atoms with Gasteiger partial charge in [0, 0.05) is 45.8 Å². The molecule has 3 fully saturated rings. The van der Waals surface area contributed by atoms with Crippen LogP contribution in [0, 0.1) is 5.92 Å². The van der Waals surface area contributed by atoms with E-state index in [2.05, 4.69) is 45.4 Å². The molecule has 0 bridgehead atoms. The lowest BCUT2D eigenvalue weighted by atomic mass is 9.83. The average molecular weight is 554 g/mol. The molecule has 2 aliphatic heterocycles. The first kappa shape index (κ1) is 25.3. The molecule has 1 aliphatic carbocycles. The van der Waals surface area contributed by atoms with E-state index in [0.29, 0.717) is 18.0 Å². The molecule has 2 heterocycles. The number of guanidine groups is 1. The molecule has 2 atom stereocenters. The summed E-state index contributed by atoms with van der Waals surface area (Å²) in [5.74, 6) is 1.69. The molecule has 1 aromatic carbocycles. The van der Waals surface area contributed by atoms with Crippen LogP contribution in [0.5, 0.6) is 0 Å². The van der Waals surface area contributed by atoms with E-state index in [1.165, 1.54) is 57.1 Å². The molecule has 2 saturated heterocycles. The molecule has 178 valence electrons. The summed E-state index contributed by atoms with van der Waals surface area (Å²) < 4.78 is 0. The lowest BCUT2D eigenvalue weighted by molar-refractivity contribution is -0.127. The Bertz CT molecular complexity index is 750. The number of carbonyl (C=O) groups excluding carboxylic acids is 1. The predicted molar refractivity (Wildman–Crippen MR) is 141 cm³/mol. The number of rotatable bonds is 5. The van der Waals surface area contributed by atoms with Crippen LogP contribution in [0.4, 0.5) is 0 Å². The Hall–Kier alpha value is -1.35. The number of amides is 1. The first-order chi connectivity index (χ1) is 15.1. The third-order valence-corrected chi connectivity index (χ3v) is 7.26. The Balaban J connectivity index is 0.00000289. The molecule has 0 spiro atoms. The fraction of sp³-hybridized carbons (Fsp3) is 0.680. The molecule has 1 saturated carbocycles. The maximum absolute atomic E-state index is 12.2. The molecule has 4 rings (SSSR count). The number of piperidine rings is 2. The van der Waals surface area contributed by atoms with Gasteiger partial charge in [0.05, 0.1) is 0 Å². The van der Waals surface area contributed by atoms with E-state index < -0.39 is 0 Å². The number of aliphatic imine (C=N–C) groups is 1. The zero-order valence-corrected chi connectivity index (χ0v) is 22.0. The molecule has 0 aromatic heterocycles. The van der Waals surface area contributed by atoms with E-state index in [0.717, 1.165) is 25.6 Å². The quantitative estimate of drug-likeness (QED) is 0.344. The van der Waals surface area contributed by atoms with E-state index in [-0.39, 0.29) is 36.4 Å². The minimum atomic E-state index is 0. The normalized spacial score (nSPS) is 24.6. The molecule has 7 heteroatoms. The highest BCUT2D eigenvalue weighted by molar-refractivity contribution is 14.0. The van der Waals surface area contributed by atoms with Gasteiger partial charge in [-0.15, -0.1) is 24.0 Å². The second kappa shape index (κ2) is 12.2. The zero-order valence-electron chi connectivity index (χ0n) is 19.7. The Morgan fingerprint density at radius 1 is 1.06 bits per heavy atom. The molecular weight excluding hydrogens is 513 g/mol. The monoisotopic (exact) mass is 553 g/mol. The van der Waals surface area contributed by atoms with Crippen LogP contribution in [0.15, 0.2) is 35.3 Å². The fourth-order valence-electron chi connectivity index (χ4n) is 5.49.